The van der Waals surface area contributed by atoms with E-state index in [1.165, 1.54) is 5.01 Å². The first-order chi connectivity index (χ1) is 10.7. The average molecular weight is 291 g/mol. The van der Waals surface area contributed by atoms with Crippen molar-refractivity contribution in [3.63, 3.8) is 0 Å². The van der Waals surface area contributed by atoms with Crippen LogP contribution in [0.25, 0.3) is 0 Å². The molecular formula is C18H17N3O. The molecule has 1 aliphatic heterocycles. The molecule has 0 unspecified atom stereocenters. The monoisotopic (exact) mass is 291 g/mol. The highest BCUT2D eigenvalue weighted by molar-refractivity contribution is 6.23. The molecule has 0 radical (unpaired) electrons. The zero-order valence-corrected chi connectivity index (χ0v) is 12.6. The smallest absolute Gasteiger partial charge is 0.261 e. The molecule has 4 heteroatoms. The van der Waals surface area contributed by atoms with Gasteiger partial charge in [-0.3, -0.25) is 9.79 Å². The lowest BCUT2D eigenvalue weighted by molar-refractivity contribution is -0.118. The fourth-order valence-electron chi connectivity index (χ4n) is 2.37. The second-order valence-corrected chi connectivity index (χ2v) is 5.27. The van der Waals surface area contributed by atoms with Crippen LogP contribution in [0, 0.1) is 12.8 Å². The van der Waals surface area contributed by atoms with E-state index in [4.69, 9.17) is 0 Å². The molecule has 2 aromatic carbocycles. The number of benzene rings is 2. The first-order valence-electron chi connectivity index (χ1n) is 7.21. The van der Waals surface area contributed by atoms with E-state index in [1.54, 1.807) is 6.21 Å². The molecule has 0 bridgehead atoms. The third kappa shape index (κ3) is 2.68. The maximum atomic E-state index is 12.5. The van der Waals surface area contributed by atoms with Gasteiger partial charge >= 0.3 is 0 Å². The first kappa shape index (κ1) is 14.2. The van der Waals surface area contributed by atoms with Gasteiger partial charge in [-0.2, -0.15) is 10.1 Å². The number of hydrogen-bond donors (Lipinski definition) is 0. The lowest BCUT2D eigenvalue weighted by Crippen LogP contribution is -2.27. The molecular weight excluding hydrogens is 274 g/mol. The Hall–Kier alpha value is -2.75. The molecule has 1 amide bonds. The van der Waals surface area contributed by atoms with Crippen LogP contribution in [0.3, 0.4) is 0 Å². The van der Waals surface area contributed by atoms with E-state index in [0.717, 1.165) is 22.6 Å². The molecule has 0 aromatic heterocycles. The third-order valence-electron chi connectivity index (χ3n) is 3.66. The molecule has 22 heavy (non-hydrogen) atoms. The van der Waals surface area contributed by atoms with Gasteiger partial charge in [0.1, 0.15) is 5.92 Å². The lowest BCUT2D eigenvalue weighted by atomic mass is 10.1. The fraction of sp³-hybridized carbons (Fsp3) is 0.167. The van der Waals surface area contributed by atoms with Crippen molar-refractivity contribution in [1.29, 1.82) is 0 Å². The van der Waals surface area contributed by atoms with Gasteiger partial charge < -0.3 is 0 Å². The Bertz CT molecular complexity index is 750. The molecule has 0 spiro atoms. The van der Waals surface area contributed by atoms with E-state index in [-0.39, 0.29) is 5.91 Å². The van der Waals surface area contributed by atoms with Crippen molar-refractivity contribution in [2.24, 2.45) is 16.0 Å². The maximum Gasteiger partial charge on any atom is 0.261 e. The summed E-state index contributed by atoms with van der Waals surface area (Å²) in [6.45, 7) is 3.86. The molecule has 0 saturated carbocycles. The molecule has 4 nitrogen and oxygen atoms in total. The second-order valence-electron chi connectivity index (χ2n) is 5.27. The van der Waals surface area contributed by atoms with Crippen molar-refractivity contribution in [1.82, 2.24) is 0 Å². The van der Waals surface area contributed by atoms with E-state index in [9.17, 15) is 4.79 Å². The minimum atomic E-state index is -0.403. The van der Waals surface area contributed by atoms with E-state index >= 15 is 0 Å². The predicted octanol–water partition coefficient (Wildman–Crippen LogP) is 3.74. The number of carbonyl (C=O) groups is 1. The largest absolute Gasteiger partial charge is 0.271 e. The molecule has 0 N–H and O–H groups in total. The number of carbonyl (C=O) groups excluding carboxylic acids is 1. The average Bonchev–Trinajstić information content (AvgIpc) is 2.82. The zero-order chi connectivity index (χ0) is 15.5. The van der Waals surface area contributed by atoms with Crippen molar-refractivity contribution in [2.75, 3.05) is 5.01 Å². The number of nitrogens with zero attached hydrogens (tertiary/aromatic N) is 3. The van der Waals surface area contributed by atoms with Gasteiger partial charge in [0.25, 0.3) is 5.91 Å². The third-order valence-corrected chi connectivity index (χ3v) is 3.66. The number of hydrogen-bond acceptors (Lipinski definition) is 3. The highest BCUT2D eigenvalue weighted by Gasteiger charge is 2.33. The van der Waals surface area contributed by atoms with Crippen LogP contribution in [-0.4, -0.2) is 17.8 Å². The Morgan fingerprint density at radius 1 is 1.05 bits per heavy atom. The van der Waals surface area contributed by atoms with Crippen LogP contribution in [0.5, 0.6) is 0 Å². The summed E-state index contributed by atoms with van der Waals surface area (Å²) in [5.41, 5.74) is 3.49. The predicted molar refractivity (Wildman–Crippen MR) is 89.9 cm³/mol. The van der Waals surface area contributed by atoms with Gasteiger partial charge in [0, 0.05) is 6.21 Å². The van der Waals surface area contributed by atoms with Crippen molar-refractivity contribution >= 4 is 29.2 Å². The van der Waals surface area contributed by atoms with Gasteiger partial charge in [-0.15, -0.1) is 0 Å². The van der Waals surface area contributed by atoms with Crippen LogP contribution in [0.1, 0.15) is 12.5 Å². The zero-order valence-electron chi connectivity index (χ0n) is 12.6. The molecule has 0 aliphatic carbocycles. The normalized spacial score (nSPS) is 18.1. The van der Waals surface area contributed by atoms with E-state index in [0.29, 0.717) is 0 Å². The van der Waals surface area contributed by atoms with Crippen LogP contribution in [0.15, 0.2) is 64.7 Å². The number of para-hydroxylation sites is 2. The SMILES string of the molecule is CC1=NN(c2ccccc2)C(=O)[C@@H]1C=Nc1ccccc1C. The molecule has 1 heterocycles. The minimum Gasteiger partial charge on any atom is -0.271 e. The van der Waals surface area contributed by atoms with E-state index in [1.807, 2.05) is 68.4 Å². The van der Waals surface area contributed by atoms with Crippen molar-refractivity contribution < 1.29 is 4.79 Å². The number of anilines is 1. The highest BCUT2D eigenvalue weighted by atomic mass is 16.2. The molecule has 3 rings (SSSR count). The van der Waals surface area contributed by atoms with Gasteiger partial charge in [-0.1, -0.05) is 36.4 Å². The summed E-state index contributed by atoms with van der Waals surface area (Å²) in [7, 11) is 0. The van der Waals surface area contributed by atoms with Crippen LogP contribution < -0.4 is 5.01 Å². The molecule has 0 fully saturated rings. The van der Waals surface area contributed by atoms with Gasteiger partial charge in [-0.05, 0) is 37.6 Å². The van der Waals surface area contributed by atoms with Gasteiger partial charge in [0.15, 0.2) is 0 Å². The van der Waals surface area contributed by atoms with Gasteiger partial charge in [-0.25, -0.2) is 0 Å². The summed E-state index contributed by atoms with van der Waals surface area (Å²) < 4.78 is 0. The van der Waals surface area contributed by atoms with Crippen LogP contribution in [0.2, 0.25) is 0 Å². The molecule has 0 saturated heterocycles. The molecule has 1 atom stereocenters. The number of aliphatic imine (C=N–C) groups is 1. The summed E-state index contributed by atoms with van der Waals surface area (Å²) in [5, 5.41) is 5.81. The molecule has 1 aliphatic rings. The Morgan fingerprint density at radius 3 is 2.45 bits per heavy atom. The Balaban J connectivity index is 1.83. The Morgan fingerprint density at radius 2 is 1.73 bits per heavy atom. The van der Waals surface area contributed by atoms with Crippen molar-refractivity contribution in [2.45, 2.75) is 13.8 Å². The minimum absolute atomic E-state index is 0.0685. The second kappa shape index (κ2) is 5.93. The molecule has 110 valence electrons. The quantitative estimate of drug-likeness (QED) is 0.795. The summed E-state index contributed by atoms with van der Waals surface area (Å²) in [6.07, 6.45) is 1.69. The summed E-state index contributed by atoms with van der Waals surface area (Å²) in [5.74, 6) is -0.471. The number of rotatable bonds is 3. The van der Waals surface area contributed by atoms with Crippen LogP contribution in [0.4, 0.5) is 11.4 Å². The van der Waals surface area contributed by atoms with E-state index in [2.05, 4.69) is 10.1 Å². The van der Waals surface area contributed by atoms with Crippen LogP contribution >= 0.6 is 0 Å². The summed E-state index contributed by atoms with van der Waals surface area (Å²) in [4.78, 5) is 17.0. The summed E-state index contributed by atoms with van der Waals surface area (Å²) >= 11 is 0. The van der Waals surface area contributed by atoms with E-state index < -0.39 is 5.92 Å². The fourth-order valence-corrected chi connectivity index (χ4v) is 2.37. The topological polar surface area (TPSA) is 45.0 Å². The van der Waals surface area contributed by atoms with Crippen molar-refractivity contribution in [3.8, 4) is 0 Å². The van der Waals surface area contributed by atoms with Gasteiger partial charge in [0.2, 0.25) is 0 Å². The summed E-state index contributed by atoms with van der Waals surface area (Å²) in [6, 6.07) is 17.3. The highest BCUT2D eigenvalue weighted by Crippen LogP contribution is 2.24. The standard InChI is InChI=1S/C18H17N3O/c1-13-8-6-7-11-17(13)19-12-16-14(2)20-21(18(16)22)15-9-4-3-5-10-15/h3-12,16H,1-2H3/t16-/m1/s1. The molecule has 2 aromatic rings. The lowest BCUT2D eigenvalue weighted by Gasteiger charge is -2.12. The maximum absolute atomic E-state index is 12.5. The number of hydrazone groups is 1. The van der Waals surface area contributed by atoms with Crippen LogP contribution in [-0.2, 0) is 4.79 Å². The Kier molecular flexibility index (Phi) is 3.83. The van der Waals surface area contributed by atoms with Gasteiger partial charge in [0.05, 0.1) is 17.1 Å². The number of amides is 1. The Labute approximate surface area is 129 Å². The first-order valence-corrected chi connectivity index (χ1v) is 7.21. The number of aryl methyl sites for hydroxylation is 1. The van der Waals surface area contributed by atoms with Crippen molar-refractivity contribution in [3.05, 3.63) is 60.2 Å².